The molecule has 0 unspecified atom stereocenters. The molecule has 0 saturated carbocycles. The molecule has 0 bridgehead atoms. The van der Waals surface area contributed by atoms with Crippen LogP contribution in [0.2, 0.25) is 0 Å². The van der Waals surface area contributed by atoms with Crippen LogP contribution in [0.3, 0.4) is 0 Å². The van der Waals surface area contributed by atoms with Crippen molar-refractivity contribution in [1.82, 2.24) is 0 Å². The van der Waals surface area contributed by atoms with E-state index >= 15 is 0 Å². The fourth-order valence-corrected chi connectivity index (χ4v) is 2.02. The number of halogens is 5. The van der Waals surface area contributed by atoms with Crippen molar-refractivity contribution in [3.05, 3.63) is 59.3 Å². The highest BCUT2D eigenvalue weighted by atomic mass is 19.4. The first-order chi connectivity index (χ1) is 13.2. The van der Waals surface area contributed by atoms with Gasteiger partial charge in [-0.3, -0.25) is 0 Å². The molecular weight excluding hydrogens is 385 g/mol. The third-order valence-electron chi connectivity index (χ3n) is 3.33. The average Bonchev–Trinajstić information content (AvgIpc) is 2.64. The molecule has 10 heteroatoms. The van der Waals surface area contributed by atoms with Gasteiger partial charge < -0.3 is 14.8 Å². The highest BCUT2D eigenvalue weighted by Crippen LogP contribution is 2.39. The molecule has 2 aromatic carbocycles. The summed E-state index contributed by atoms with van der Waals surface area (Å²) in [5.74, 6) is -4.33. The molecule has 0 aromatic heterocycles. The summed E-state index contributed by atoms with van der Waals surface area (Å²) in [5.41, 5.74) is -1.48. The molecule has 2 aromatic rings. The van der Waals surface area contributed by atoms with Crippen molar-refractivity contribution in [1.29, 1.82) is 10.5 Å². The number of alkyl halides is 3. The van der Waals surface area contributed by atoms with Crippen molar-refractivity contribution >= 4 is 5.69 Å². The Morgan fingerprint density at radius 2 is 1.64 bits per heavy atom. The van der Waals surface area contributed by atoms with Crippen molar-refractivity contribution in [3.63, 3.8) is 0 Å². The van der Waals surface area contributed by atoms with Crippen molar-refractivity contribution in [3.8, 4) is 29.4 Å². The van der Waals surface area contributed by atoms with E-state index in [0.717, 1.165) is 6.20 Å². The van der Waals surface area contributed by atoms with Crippen LogP contribution in [0.15, 0.2) is 42.1 Å². The van der Waals surface area contributed by atoms with E-state index in [9.17, 15) is 22.0 Å². The highest BCUT2D eigenvalue weighted by Gasteiger charge is 2.33. The van der Waals surface area contributed by atoms with E-state index in [1.54, 1.807) is 12.1 Å². The van der Waals surface area contributed by atoms with Crippen molar-refractivity contribution in [2.75, 3.05) is 12.4 Å². The van der Waals surface area contributed by atoms with Gasteiger partial charge in [0.15, 0.2) is 28.9 Å². The molecule has 0 radical (unpaired) electrons. The van der Waals surface area contributed by atoms with Crippen molar-refractivity contribution in [2.24, 2.45) is 0 Å². The molecule has 0 aliphatic rings. The Labute approximate surface area is 155 Å². The quantitative estimate of drug-likeness (QED) is 0.561. The Balaban J connectivity index is 2.41. The van der Waals surface area contributed by atoms with Gasteiger partial charge in [0.05, 0.1) is 12.7 Å². The molecule has 0 atom stereocenters. The smallest absolute Gasteiger partial charge is 0.416 e. The SMILES string of the molecule is COc1ccc(NC=C(C#N)C#N)cc1Oc1c(F)cc(C(F)(F)F)cc1F. The standard InChI is InChI=1S/C18H10F5N3O2/c1-27-15-3-2-12(26-9-10(7-24)8-25)6-16(15)28-17-13(19)4-11(5-14(17)20)18(21,22)23/h2-6,9,26H,1H3. The van der Waals surface area contributed by atoms with Gasteiger partial charge in [0, 0.05) is 18.0 Å². The van der Waals surface area contributed by atoms with Crippen LogP contribution in [0.25, 0.3) is 0 Å². The minimum absolute atomic E-state index is 0.0361. The van der Waals surface area contributed by atoms with Gasteiger partial charge in [-0.1, -0.05) is 0 Å². The second kappa shape index (κ2) is 8.27. The van der Waals surface area contributed by atoms with E-state index in [2.05, 4.69) is 5.32 Å². The first kappa shape index (κ1) is 20.5. The van der Waals surface area contributed by atoms with Gasteiger partial charge in [0.1, 0.15) is 17.7 Å². The van der Waals surface area contributed by atoms with Gasteiger partial charge in [0.25, 0.3) is 0 Å². The number of rotatable bonds is 5. The van der Waals surface area contributed by atoms with Crippen molar-refractivity contribution in [2.45, 2.75) is 6.18 Å². The van der Waals surface area contributed by atoms with Crippen LogP contribution < -0.4 is 14.8 Å². The lowest BCUT2D eigenvalue weighted by molar-refractivity contribution is -0.138. The predicted molar refractivity (Wildman–Crippen MR) is 87.4 cm³/mol. The van der Waals surface area contributed by atoms with E-state index in [0.29, 0.717) is 0 Å². The second-order valence-corrected chi connectivity index (χ2v) is 5.16. The average molecular weight is 395 g/mol. The summed E-state index contributed by atoms with van der Waals surface area (Å²) in [5, 5.41) is 20.0. The second-order valence-electron chi connectivity index (χ2n) is 5.16. The molecule has 0 aliphatic heterocycles. The minimum atomic E-state index is -4.92. The molecule has 0 aliphatic carbocycles. The summed E-state index contributed by atoms with van der Waals surface area (Å²) in [6, 6.07) is 7.49. The van der Waals surface area contributed by atoms with Crippen LogP contribution >= 0.6 is 0 Å². The first-order valence-electron chi connectivity index (χ1n) is 7.38. The lowest BCUT2D eigenvalue weighted by Gasteiger charge is -2.14. The van der Waals surface area contributed by atoms with Gasteiger partial charge in [-0.2, -0.15) is 23.7 Å². The Hall–Kier alpha value is -3.79. The van der Waals surface area contributed by atoms with E-state index in [1.165, 1.54) is 25.3 Å². The Bertz CT molecular complexity index is 965. The molecule has 0 amide bonds. The number of nitrogens with one attached hydrogen (secondary N) is 1. The number of hydrogen-bond acceptors (Lipinski definition) is 5. The molecule has 0 saturated heterocycles. The van der Waals surface area contributed by atoms with Gasteiger partial charge in [-0.15, -0.1) is 0 Å². The zero-order valence-corrected chi connectivity index (χ0v) is 14.1. The largest absolute Gasteiger partial charge is 0.493 e. The summed E-state index contributed by atoms with van der Waals surface area (Å²) in [6.45, 7) is 0. The third kappa shape index (κ3) is 4.68. The number of allylic oxidation sites excluding steroid dienone is 1. The van der Waals surface area contributed by atoms with E-state index in [1.807, 2.05) is 0 Å². The summed E-state index contributed by atoms with van der Waals surface area (Å²) in [6.07, 6.45) is -3.84. The van der Waals surface area contributed by atoms with Crippen LogP contribution in [-0.2, 0) is 6.18 Å². The summed E-state index contributed by atoms with van der Waals surface area (Å²) in [7, 11) is 1.25. The molecule has 0 spiro atoms. The molecule has 28 heavy (non-hydrogen) atoms. The maximum absolute atomic E-state index is 14.0. The number of hydrogen-bond donors (Lipinski definition) is 1. The number of nitrogens with zero attached hydrogens (tertiary/aromatic N) is 2. The Kier molecular flexibility index (Phi) is 6.06. The highest BCUT2D eigenvalue weighted by molar-refractivity contribution is 5.58. The molecule has 0 fully saturated rings. The van der Waals surface area contributed by atoms with Crippen LogP contribution in [0, 0.1) is 34.3 Å². The van der Waals surface area contributed by atoms with Gasteiger partial charge in [-0.25, -0.2) is 8.78 Å². The fraction of sp³-hybridized carbons (Fsp3) is 0.111. The minimum Gasteiger partial charge on any atom is -0.493 e. The number of nitriles is 2. The number of ether oxygens (including phenoxy) is 2. The lowest BCUT2D eigenvalue weighted by Crippen LogP contribution is -2.07. The van der Waals surface area contributed by atoms with E-state index < -0.39 is 29.1 Å². The first-order valence-corrected chi connectivity index (χ1v) is 7.38. The van der Waals surface area contributed by atoms with Crippen LogP contribution in [-0.4, -0.2) is 7.11 Å². The van der Waals surface area contributed by atoms with Crippen LogP contribution in [0.5, 0.6) is 17.2 Å². The normalized spacial score (nSPS) is 10.4. The van der Waals surface area contributed by atoms with Gasteiger partial charge in [0.2, 0.25) is 0 Å². The van der Waals surface area contributed by atoms with Gasteiger partial charge in [-0.05, 0) is 24.3 Å². The summed E-state index contributed by atoms with van der Waals surface area (Å²) in [4.78, 5) is 0. The molecule has 2 rings (SSSR count). The van der Waals surface area contributed by atoms with Crippen molar-refractivity contribution < 1.29 is 31.4 Å². The molecular formula is C18H10F5N3O2. The van der Waals surface area contributed by atoms with E-state index in [-0.39, 0.29) is 34.9 Å². The summed E-state index contributed by atoms with van der Waals surface area (Å²) < 4.78 is 76.0. The van der Waals surface area contributed by atoms with Gasteiger partial charge >= 0.3 is 6.18 Å². The predicted octanol–water partition coefficient (Wildman–Crippen LogP) is 5.13. The zero-order chi connectivity index (χ0) is 20.9. The Morgan fingerprint density at radius 1 is 1.04 bits per heavy atom. The van der Waals surface area contributed by atoms with Crippen LogP contribution in [0.1, 0.15) is 5.56 Å². The number of anilines is 1. The fourth-order valence-electron chi connectivity index (χ4n) is 2.02. The molecule has 0 heterocycles. The van der Waals surface area contributed by atoms with E-state index in [4.69, 9.17) is 20.0 Å². The summed E-state index contributed by atoms with van der Waals surface area (Å²) >= 11 is 0. The Morgan fingerprint density at radius 3 is 2.14 bits per heavy atom. The number of benzene rings is 2. The topological polar surface area (TPSA) is 78.1 Å². The molecule has 144 valence electrons. The monoisotopic (exact) mass is 395 g/mol. The third-order valence-corrected chi connectivity index (χ3v) is 3.33. The zero-order valence-electron chi connectivity index (χ0n) is 14.1. The number of methoxy groups -OCH3 is 1. The lowest BCUT2D eigenvalue weighted by atomic mass is 10.2. The maximum Gasteiger partial charge on any atom is 0.416 e. The van der Waals surface area contributed by atoms with Crippen LogP contribution in [0.4, 0.5) is 27.6 Å². The molecule has 1 N–H and O–H groups in total. The maximum atomic E-state index is 14.0. The molecule has 5 nitrogen and oxygen atoms in total.